The first-order valence-corrected chi connectivity index (χ1v) is 11.1. The lowest BCUT2D eigenvalue weighted by atomic mass is 10.1. The Bertz CT molecular complexity index is 1490. The summed E-state index contributed by atoms with van der Waals surface area (Å²) in [5.41, 5.74) is 1.95. The van der Waals surface area contributed by atoms with E-state index in [0.29, 0.717) is 16.4 Å². The van der Waals surface area contributed by atoms with Crippen LogP contribution in [-0.2, 0) is 9.59 Å². The molecule has 0 spiro atoms. The van der Waals surface area contributed by atoms with Crippen molar-refractivity contribution in [3.63, 3.8) is 0 Å². The van der Waals surface area contributed by atoms with E-state index < -0.39 is 11.8 Å². The summed E-state index contributed by atoms with van der Waals surface area (Å²) in [6.07, 6.45) is 3.43. The van der Waals surface area contributed by atoms with E-state index in [1.165, 1.54) is 11.0 Å². The molecule has 162 valence electrons. The molecule has 1 saturated heterocycles. The number of hydrogen-bond acceptors (Lipinski definition) is 3. The van der Waals surface area contributed by atoms with Gasteiger partial charge in [-0.2, -0.15) is 0 Å². The van der Waals surface area contributed by atoms with Crippen molar-refractivity contribution in [1.82, 2.24) is 9.88 Å². The number of carbonyl (C=O) groups excluding carboxylic acids is 2. The van der Waals surface area contributed by atoms with E-state index in [1.54, 1.807) is 18.2 Å². The molecule has 2 heterocycles. The molecule has 0 saturated carbocycles. The van der Waals surface area contributed by atoms with E-state index in [4.69, 9.17) is 35.4 Å². The lowest BCUT2D eigenvalue weighted by molar-refractivity contribution is -0.122. The molecule has 1 aromatic heterocycles. The maximum Gasteiger partial charge on any atom is 0.270 e. The van der Waals surface area contributed by atoms with Crippen molar-refractivity contribution in [1.29, 1.82) is 0 Å². The second-order valence-corrected chi connectivity index (χ2v) is 8.59. The second-order valence-electron chi connectivity index (χ2n) is 7.39. The Morgan fingerprint density at radius 2 is 1.58 bits per heavy atom. The summed E-state index contributed by atoms with van der Waals surface area (Å²) >= 11 is 17.4. The van der Waals surface area contributed by atoms with Gasteiger partial charge in [0, 0.05) is 17.6 Å². The molecule has 1 aliphatic rings. The monoisotopic (exact) mass is 491 g/mol. The van der Waals surface area contributed by atoms with E-state index in [9.17, 15) is 9.59 Å². The average molecular weight is 492 g/mol. The first-order chi connectivity index (χ1) is 15.9. The Hall–Kier alpha value is -3.45. The Balaban J connectivity index is 1.55. The highest BCUT2D eigenvalue weighted by molar-refractivity contribution is 7.80. The average Bonchev–Trinajstić information content (AvgIpc) is 3.27. The van der Waals surface area contributed by atoms with Crippen molar-refractivity contribution in [3.8, 4) is 5.69 Å². The van der Waals surface area contributed by atoms with Gasteiger partial charge in [-0.05, 0) is 71.5 Å². The lowest BCUT2D eigenvalue weighted by Gasteiger charge is -2.29. The van der Waals surface area contributed by atoms with Gasteiger partial charge in [-0.25, -0.2) is 0 Å². The van der Waals surface area contributed by atoms with E-state index in [0.717, 1.165) is 16.5 Å². The third kappa shape index (κ3) is 3.93. The Labute approximate surface area is 204 Å². The molecule has 0 aliphatic carbocycles. The maximum absolute atomic E-state index is 13.3. The highest BCUT2D eigenvalue weighted by Crippen LogP contribution is 2.30. The predicted octanol–water partition coefficient (Wildman–Crippen LogP) is 5.77. The smallest absolute Gasteiger partial charge is 0.270 e. The number of rotatable bonds is 3. The Morgan fingerprint density at radius 1 is 0.818 bits per heavy atom. The number of hydrogen-bond donors (Lipinski definition) is 1. The van der Waals surface area contributed by atoms with Crippen molar-refractivity contribution in [2.24, 2.45) is 0 Å². The molecular weight excluding hydrogens is 477 g/mol. The third-order valence-corrected chi connectivity index (χ3v) is 6.37. The van der Waals surface area contributed by atoms with Crippen LogP contribution in [0.1, 0.15) is 5.69 Å². The molecule has 0 bridgehead atoms. The number of nitrogens with one attached hydrogen (secondary N) is 1. The quantitative estimate of drug-likeness (QED) is 0.225. The van der Waals surface area contributed by atoms with Crippen molar-refractivity contribution in [2.45, 2.75) is 0 Å². The van der Waals surface area contributed by atoms with Crippen LogP contribution in [0.4, 0.5) is 5.69 Å². The molecular formula is C25H15Cl2N3O2S. The standard InChI is InChI=1S/C25H15Cl2N3O2S/c26-21-10-9-19(14-22(21)27)30-24(32)20(23(31)28-25(30)33)13-17-6-3-11-29(17)18-8-7-15-4-1-2-5-16(15)12-18/h1-14H,(H,28,31,33)/b20-13+. The summed E-state index contributed by atoms with van der Waals surface area (Å²) in [6, 6.07) is 22.5. The van der Waals surface area contributed by atoms with Crippen LogP contribution >= 0.6 is 35.4 Å². The molecule has 1 N–H and O–H groups in total. The van der Waals surface area contributed by atoms with E-state index in [1.807, 2.05) is 59.3 Å². The fourth-order valence-corrected chi connectivity index (χ4v) is 4.31. The van der Waals surface area contributed by atoms with Crippen LogP contribution in [0.3, 0.4) is 0 Å². The summed E-state index contributed by atoms with van der Waals surface area (Å²) in [5, 5.41) is 5.40. The summed E-state index contributed by atoms with van der Waals surface area (Å²) in [6.45, 7) is 0. The normalized spacial score (nSPS) is 15.4. The van der Waals surface area contributed by atoms with Crippen LogP contribution in [0, 0.1) is 0 Å². The minimum Gasteiger partial charge on any atom is -0.317 e. The molecule has 5 rings (SSSR count). The summed E-state index contributed by atoms with van der Waals surface area (Å²) in [7, 11) is 0. The van der Waals surface area contributed by atoms with Crippen LogP contribution in [0.2, 0.25) is 10.0 Å². The van der Waals surface area contributed by atoms with Gasteiger partial charge in [0.15, 0.2) is 5.11 Å². The highest BCUT2D eigenvalue weighted by atomic mass is 35.5. The molecule has 1 aliphatic heterocycles. The molecule has 0 unspecified atom stereocenters. The number of thiocarbonyl (C=S) groups is 1. The molecule has 2 amide bonds. The van der Waals surface area contributed by atoms with Gasteiger partial charge in [0.2, 0.25) is 0 Å². The molecule has 3 aromatic carbocycles. The zero-order valence-electron chi connectivity index (χ0n) is 17.0. The largest absolute Gasteiger partial charge is 0.317 e. The van der Waals surface area contributed by atoms with E-state index in [-0.39, 0.29) is 15.7 Å². The van der Waals surface area contributed by atoms with Gasteiger partial charge < -0.3 is 4.57 Å². The topological polar surface area (TPSA) is 54.3 Å². The van der Waals surface area contributed by atoms with Crippen molar-refractivity contribution < 1.29 is 9.59 Å². The summed E-state index contributed by atoms with van der Waals surface area (Å²) < 4.78 is 1.91. The first kappa shape index (κ1) is 21.4. The third-order valence-electron chi connectivity index (χ3n) is 5.35. The molecule has 0 radical (unpaired) electrons. The highest BCUT2D eigenvalue weighted by Gasteiger charge is 2.35. The molecule has 0 atom stereocenters. The molecule has 5 nitrogen and oxygen atoms in total. The second kappa shape index (κ2) is 8.48. The number of carbonyl (C=O) groups is 2. The SMILES string of the molecule is O=C1NC(=S)N(c2ccc(Cl)c(Cl)c2)C(=O)/C1=C/c1cccn1-c1ccc2ccccc2c1. The number of halogens is 2. The van der Waals surface area contributed by atoms with Crippen LogP contribution < -0.4 is 10.2 Å². The van der Waals surface area contributed by atoms with Crippen LogP contribution in [-0.4, -0.2) is 21.5 Å². The maximum atomic E-state index is 13.3. The number of benzene rings is 3. The fraction of sp³-hybridized carbons (Fsp3) is 0. The minimum atomic E-state index is -0.562. The van der Waals surface area contributed by atoms with Crippen LogP contribution in [0.15, 0.2) is 84.6 Å². The van der Waals surface area contributed by atoms with Gasteiger partial charge in [0.25, 0.3) is 11.8 Å². The van der Waals surface area contributed by atoms with Gasteiger partial charge in [0.05, 0.1) is 15.7 Å². The Morgan fingerprint density at radius 3 is 2.36 bits per heavy atom. The van der Waals surface area contributed by atoms with Crippen molar-refractivity contribution in [2.75, 3.05) is 4.90 Å². The number of fused-ring (bicyclic) bond motifs is 1. The van der Waals surface area contributed by atoms with Crippen molar-refractivity contribution in [3.05, 3.63) is 100 Å². The van der Waals surface area contributed by atoms with E-state index >= 15 is 0 Å². The zero-order chi connectivity index (χ0) is 23.1. The number of aromatic nitrogens is 1. The first-order valence-electron chi connectivity index (χ1n) is 9.95. The van der Waals surface area contributed by atoms with Gasteiger partial charge in [0.1, 0.15) is 5.57 Å². The van der Waals surface area contributed by atoms with Gasteiger partial charge in [-0.15, -0.1) is 0 Å². The van der Waals surface area contributed by atoms with E-state index in [2.05, 4.69) is 11.4 Å². The lowest BCUT2D eigenvalue weighted by Crippen LogP contribution is -2.54. The van der Waals surface area contributed by atoms with Crippen molar-refractivity contribution >= 4 is 74.9 Å². The number of amides is 2. The summed E-state index contributed by atoms with van der Waals surface area (Å²) in [4.78, 5) is 27.2. The predicted molar refractivity (Wildman–Crippen MR) is 136 cm³/mol. The number of anilines is 1. The fourth-order valence-electron chi connectivity index (χ4n) is 3.74. The van der Waals surface area contributed by atoms with Crippen LogP contribution in [0.25, 0.3) is 22.5 Å². The molecule has 4 aromatic rings. The van der Waals surface area contributed by atoms with Gasteiger partial charge in [-0.3, -0.25) is 19.8 Å². The van der Waals surface area contributed by atoms with Crippen LogP contribution in [0.5, 0.6) is 0 Å². The summed E-state index contributed by atoms with van der Waals surface area (Å²) in [5.74, 6) is -1.11. The van der Waals surface area contributed by atoms with Gasteiger partial charge in [-0.1, -0.05) is 53.5 Å². The molecule has 33 heavy (non-hydrogen) atoms. The zero-order valence-corrected chi connectivity index (χ0v) is 19.3. The molecule has 1 fully saturated rings. The van der Waals surface area contributed by atoms with Gasteiger partial charge >= 0.3 is 0 Å². The number of nitrogens with zero attached hydrogens (tertiary/aromatic N) is 2. The molecule has 8 heteroatoms. The Kier molecular flexibility index (Phi) is 5.50. The minimum absolute atomic E-state index is 0.0227.